The largest absolute Gasteiger partial charge is 0.377 e. The van der Waals surface area contributed by atoms with Crippen molar-refractivity contribution in [2.45, 2.75) is 26.0 Å². The highest BCUT2D eigenvalue weighted by atomic mass is 16.3. The highest BCUT2D eigenvalue weighted by Crippen LogP contribution is 2.16. The molecule has 6 nitrogen and oxygen atoms in total. The van der Waals surface area contributed by atoms with E-state index in [1.807, 2.05) is 10.8 Å². The molecular weight excluding hydrogens is 194 g/mol. The van der Waals surface area contributed by atoms with Crippen LogP contribution in [0, 0.1) is 0 Å². The number of aryl methyl sites for hydroxylation is 1. The van der Waals surface area contributed by atoms with E-state index in [0.717, 1.165) is 13.0 Å². The summed E-state index contributed by atoms with van der Waals surface area (Å²) in [6, 6.07) is 0. The zero-order valence-corrected chi connectivity index (χ0v) is 8.46. The van der Waals surface area contributed by atoms with Gasteiger partial charge in [0.1, 0.15) is 12.2 Å². The number of rotatable bonds is 4. The van der Waals surface area contributed by atoms with Gasteiger partial charge in [0.2, 0.25) is 0 Å². The van der Waals surface area contributed by atoms with Crippen LogP contribution in [0.2, 0.25) is 0 Å². The molecule has 15 heavy (non-hydrogen) atoms. The van der Waals surface area contributed by atoms with Gasteiger partial charge in [-0.15, -0.1) is 0 Å². The van der Waals surface area contributed by atoms with E-state index in [4.69, 9.17) is 0 Å². The van der Waals surface area contributed by atoms with E-state index in [9.17, 15) is 5.11 Å². The molecule has 6 heteroatoms. The summed E-state index contributed by atoms with van der Waals surface area (Å²) in [5.74, 6) is 1.01. The molecule has 2 aromatic rings. The van der Waals surface area contributed by atoms with Crippen LogP contribution in [-0.2, 0) is 6.54 Å². The molecule has 2 aromatic heterocycles. The molecule has 1 atom stereocenters. The Labute approximate surface area is 87.0 Å². The van der Waals surface area contributed by atoms with E-state index in [0.29, 0.717) is 11.6 Å². The van der Waals surface area contributed by atoms with Crippen molar-refractivity contribution in [2.75, 3.05) is 0 Å². The second-order valence-corrected chi connectivity index (χ2v) is 3.25. The minimum atomic E-state index is -0.839. The number of aromatic nitrogens is 5. The van der Waals surface area contributed by atoms with Crippen LogP contribution in [0.15, 0.2) is 18.7 Å². The van der Waals surface area contributed by atoms with E-state index in [-0.39, 0.29) is 0 Å². The molecule has 0 fully saturated rings. The van der Waals surface area contributed by atoms with Gasteiger partial charge in [-0.1, -0.05) is 6.92 Å². The van der Waals surface area contributed by atoms with Gasteiger partial charge in [-0.25, -0.2) is 9.97 Å². The third-order valence-corrected chi connectivity index (χ3v) is 2.15. The summed E-state index contributed by atoms with van der Waals surface area (Å²) < 4.78 is 1.91. The fourth-order valence-corrected chi connectivity index (χ4v) is 1.47. The van der Waals surface area contributed by atoms with Crippen molar-refractivity contribution in [1.82, 2.24) is 24.7 Å². The Morgan fingerprint density at radius 3 is 3.07 bits per heavy atom. The van der Waals surface area contributed by atoms with Gasteiger partial charge in [0.15, 0.2) is 11.9 Å². The van der Waals surface area contributed by atoms with Gasteiger partial charge in [-0.3, -0.25) is 5.10 Å². The third-order valence-electron chi connectivity index (χ3n) is 2.15. The number of nitrogens with zero attached hydrogens (tertiary/aromatic N) is 4. The monoisotopic (exact) mass is 207 g/mol. The maximum absolute atomic E-state index is 9.96. The van der Waals surface area contributed by atoms with Gasteiger partial charge in [0.05, 0.1) is 0 Å². The third kappa shape index (κ3) is 1.89. The summed E-state index contributed by atoms with van der Waals surface area (Å²) in [5.41, 5.74) is 0. The Morgan fingerprint density at radius 1 is 1.53 bits per heavy atom. The van der Waals surface area contributed by atoms with Crippen LogP contribution in [0.3, 0.4) is 0 Å². The van der Waals surface area contributed by atoms with Crippen LogP contribution >= 0.6 is 0 Å². The van der Waals surface area contributed by atoms with Crippen molar-refractivity contribution in [3.8, 4) is 0 Å². The quantitative estimate of drug-likeness (QED) is 0.764. The summed E-state index contributed by atoms with van der Waals surface area (Å²) >= 11 is 0. The van der Waals surface area contributed by atoms with Gasteiger partial charge in [-0.2, -0.15) is 5.10 Å². The first-order valence-electron chi connectivity index (χ1n) is 4.87. The van der Waals surface area contributed by atoms with E-state index in [2.05, 4.69) is 27.1 Å². The van der Waals surface area contributed by atoms with Gasteiger partial charge < -0.3 is 9.67 Å². The molecule has 2 N–H and O–H groups in total. The Kier molecular flexibility index (Phi) is 2.77. The van der Waals surface area contributed by atoms with Crippen LogP contribution in [0.5, 0.6) is 0 Å². The van der Waals surface area contributed by atoms with Crippen LogP contribution in [0.25, 0.3) is 0 Å². The first kappa shape index (κ1) is 9.85. The number of H-pyrrole nitrogens is 1. The molecule has 80 valence electrons. The molecule has 2 heterocycles. The molecule has 0 aliphatic rings. The van der Waals surface area contributed by atoms with E-state index >= 15 is 0 Å². The second kappa shape index (κ2) is 4.22. The van der Waals surface area contributed by atoms with Crippen molar-refractivity contribution in [1.29, 1.82) is 0 Å². The highest BCUT2D eigenvalue weighted by molar-refractivity contribution is 5.06. The van der Waals surface area contributed by atoms with Gasteiger partial charge in [0, 0.05) is 18.9 Å². The summed E-state index contributed by atoms with van der Waals surface area (Å²) in [4.78, 5) is 8.02. The average Bonchev–Trinajstić information content (AvgIpc) is 2.87. The fourth-order valence-electron chi connectivity index (χ4n) is 1.47. The van der Waals surface area contributed by atoms with Crippen LogP contribution in [0.4, 0.5) is 0 Å². The summed E-state index contributed by atoms with van der Waals surface area (Å²) in [6.07, 6.45) is 5.04. The lowest BCUT2D eigenvalue weighted by Crippen LogP contribution is -2.11. The second-order valence-electron chi connectivity index (χ2n) is 3.25. The lowest BCUT2D eigenvalue weighted by atomic mass is 10.3. The SMILES string of the molecule is CCCn1ccnc1C(O)c1ncn[nH]1. The molecule has 0 aromatic carbocycles. The summed E-state index contributed by atoms with van der Waals surface area (Å²) in [6.45, 7) is 2.91. The zero-order chi connectivity index (χ0) is 10.7. The number of nitrogens with one attached hydrogen (secondary N) is 1. The molecule has 2 rings (SSSR count). The van der Waals surface area contributed by atoms with Crippen LogP contribution in [0.1, 0.15) is 31.1 Å². The van der Waals surface area contributed by atoms with Crippen molar-refractivity contribution < 1.29 is 5.11 Å². The molecular formula is C9H13N5O. The Morgan fingerprint density at radius 2 is 2.40 bits per heavy atom. The normalized spacial score (nSPS) is 12.9. The number of imidazole rings is 1. The molecule has 0 bridgehead atoms. The predicted molar refractivity (Wildman–Crippen MR) is 53.0 cm³/mol. The van der Waals surface area contributed by atoms with E-state index in [1.54, 1.807) is 6.20 Å². The first-order chi connectivity index (χ1) is 7.33. The fraction of sp³-hybridized carbons (Fsp3) is 0.444. The van der Waals surface area contributed by atoms with Crippen molar-refractivity contribution in [3.63, 3.8) is 0 Å². The van der Waals surface area contributed by atoms with Gasteiger partial charge in [-0.05, 0) is 6.42 Å². The van der Waals surface area contributed by atoms with Crippen molar-refractivity contribution in [2.24, 2.45) is 0 Å². The number of aromatic amines is 1. The minimum absolute atomic E-state index is 0.415. The smallest absolute Gasteiger partial charge is 0.171 e. The highest BCUT2D eigenvalue weighted by Gasteiger charge is 2.18. The summed E-state index contributed by atoms with van der Waals surface area (Å²) in [7, 11) is 0. The molecule has 1 unspecified atom stereocenters. The van der Waals surface area contributed by atoms with Gasteiger partial charge in [0.25, 0.3) is 0 Å². The topological polar surface area (TPSA) is 79.6 Å². The van der Waals surface area contributed by atoms with E-state index < -0.39 is 6.10 Å². The van der Waals surface area contributed by atoms with Crippen LogP contribution in [-0.4, -0.2) is 29.8 Å². The van der Waals surface area contributed by atoms with E-state index in [1.165, 1.54) is 6.33 Å². The van der Waals surface area contributed by atoms with Crippen molar-refractivity contribution >= 4 is 0 Å². The zero-order valence-electron chi connectivity index (χ0n) is 8.46. The lowest BCUT2D eigenvalue weighted by Gasteiger charge is -2.09. The number of hydrogen-bond acceptors (Lipinski definition) is 4. The Balaban J connectivity index is 2.25. The molecule has 0 amide bonds. The standard InChI is InChI=1S/C9H13N5O/c1-2-4-14-5-3-10-9(14)7(15)8-11-6-12-13-8/h3,5-7,15H,2,4H2,1H3,(H,11,12,13). The maximum Gasteiger partial charge on any atom is 0.171 e. The Bertz CT molecular complexity index is 408. The summed E-state index contributed by atoms with van der Waals surface area (Å²) in [5, 5.41) is 16.3. The Hall–Kier alpha value is -1.69. The lowest BCUT2D eigenvalue weighted by molar-refractivity contribution is 0.194. The van der Waals surface area contributed by atoms with Crippen molar-refractivity contribution in [3.05, 3.63) is 30.4 Å². The molecule has 0 radical (unpaired) electrons. The van der Waals surface area contributed by atoms with Gasteiger partial charge >= 0.3 is 0 Å². The number of aliphatic hydroxyl groups is 1. The molecule has 0 aliphatic heterocycles. The molecule has 0 spiro atoms. The number of hydrogen-bond donors (Lipinski definition) is 2. The minimum Gasteiger partial charge on any atom is -0.377 e. The molecule has 0 aliphatic carbocycles. The number of aliphatic hydroxyl groups excluding tert-OH is 1. The average molecular weight is 207 g/mol. The van der Waals surface area contributed by atoms with Crippen LogP contribution < -0.4 is 0 Å². The maximum atomic E-state index is 9.96. The predicted octanol–water partition coefficient (Wildman–Crippen LogP) is 0.493. The molecule has 0 saturated heterocycles. The molecule has 0 saturated carbocycles. The first-order valence-corrected chi connectivity index (χ1v) is 4.87.